The maximum atomic E-state index is 13.4. The first kappa shape index (κ1) is 15.0. The topological polar surface area (TPSA) is 32.3 Å². The Hall–Kier alpha value is -2.36. The number of hydrogen-bond acceptors (Lipinski definition) is 2. The Balaban J connectivity index is 1.75. The Labute approximate surface area is 124 Å². The minimum absolute atomic E-state index is 0.0916. The smallest absolute Gasteiger partial charge is 0.254 e. The van der Waals surface area contributed by atoms with Gasteiger partial charge in [0.25, 0.3) is 5.91 Å². The summed E-state index contributed by atoms with van der Waals surface area (Å²) in [7, 11) is 2.01. The largest absolute Gasteiger partial charge is 0.375 e. The normalized spacial score (nSPS) is 10.2. The second-order valence-electron chi connectivity index (χ2n) is 4.85. The fourth-order valence-corrected chi connectivity index (χ4v) is 2.07. The number of hydrogen-bond donors (Lipinski definition) is 1. The van der Waals surface area contributed by atoms with Crippen molar-refractivity contribution in [1.82, 2.24) is 5.32 Å². The zero-order chi connectivity index (χ0) is 15.1. The Morgan fingerprint density at radius 2 is 1.76 bits per heavy atom. The summed E-state index contributed by atoms with van der Waals surface area (Å²) in [6, 6.07) is 16.0. The number of carbonyl (C=O) groups is 1. The molecule has 21 heavy (non-hydrogen) atoms. The van der Waals surface area contributed by atoms with Crippen LogP contribution in [-0.2, 0) is 0 Å². The molecule has 0 saturated carbocycles. The summed E-state index contributed by atoms with van der Waals surface area (Å²) < 4.78 is 13.4. The first-order valence-electron chi connectivity index (χ1n) is 6.97. The minimum Gasteiger partial charge on any atom is -0.375 e. The summed E-state index contributed by atoms with van der Waals surface area (Å²) in [5, 5.41) is 2.74. The molecular formula is C17H19FN2O. The van der Waals surface area contributed by atoms with Crippen LogP contribution in [0.3, 0.4) is 0 Å². The molecule has 2 rings (SSSR count). The van der Waals surface area contributed by atoms with Crippen LogP contribution in [0.1, 0.15) is 16.8 Å². The lowest BCUT2D eigenvalue weighted by atomic mass is 10.2. The second kappa shape index (κ2) is 7.43. The number of amides is 1. The molecule has 110 valence electrons. The van der Waals surface area contributed by atoms with E-state index >= 15 is 0 Å². The number of nitrogens with one attached hydrogen (secondary N) is 1. The van der Waals surface area contributed by atoms with E-state index in [0.717, 1.165) is 18.7 Å². The van der Waals surface area contributed by atoms with Crippen LogP contribution < -0.4 is 10.2 Å². The third-order valence-corrected chi connectivity index (χ3v) is 3.27. The van der Waals surface area contributed by atoms with E-state index in [1.54, 1.807) is 12.1 Å². The van der Waals surface area contributed by atoms with Crippen molar-refractivity contribution < 1.29 is 9.18 Å². The van der Waals surface area contributed by atoms with Gasteiger partial charge in [-0.1, -0.05) is 30.3 Å². The van der Waals surface area contributed by atoms with E-state index in [1.165, 1.54) is 12.1 Å². The third kappa shape index (κ3) is 4.31. The van der Waals surface area contributed by atoms with Gasteiger partial charge in [0.05, 0.1) is 5.56 Å². The van der Waals surface area contributed by atoms with Crippen molar-refractivity contribution in [3.05, 3.63) is 66.0 Å². The molecular weight excluding hydrogens is 267 g/mol. The van der Waals surface area contributed by atoms with Gasteiger partial charge in [-0.05, 0) is 30.7 Å². The van der Waals surface area contributed by atoms with E-state index in [1.807, 2.05) is 37.4 Å². The van der Waals surface area contributed by atoms with Crippen molar-refractivity contribution in [2.75, 3.05) is 25.0 Å². The first-order valence-corrected chi connectivity index (χ1v) is 6.97. The fraction of sp³-hybridized carbons (Fsp3) is 0.235. The van der Waals surface area contributed by atoms with Crippen LogP contribution in [0.25, 0.3) is 0 Å². The molecule has 0 aliphatic carbocycles. The predicted octanol–water partition coefficient (Wildman–Crippen LogP) is 3.08. The number of halogens is 1. The predicted molar refractivity (Wildman–Crippen MR) is 83.1 cm³/mol. The van der Waals surface area contributed by atoms with Gasteiger partial charge in [0.1, 0.15) is 5.82 Å². The highest BCUT2D eigenvalue weighted by molar-refractivity contribution is 5.94. The lowest BCUT2D eigenvalue weighted by Gasteiger charge is -2.19. The SMILES string of the molecule is CN(CCCNC(=O)c1ccccc1F)c1ccccc1. The number of benzene rings is 2. The van der Waals surface area contributed by atoms with Crippen molar-refractivity contribution in [3.8, 4) is 0 Å². The van der Waals surface area contributed by atoms with Crippen LogP contribution in [0.2, 0.25) is 0 Å². The number of para-hydroxylation sites is 1. The maximum Gasteiger partial charge on any atom is 0.254 e. The van der Waals surface area contributed by atoms with Crippen molar-refractivity contribution in [2.24, 2.45) is 0 Å². The zero-order valence-electron chi connectivity index (χ0n) is 12.1. The van der Waals surface area contributed by atoms with Gasteiger partial charge < -0.3 is 10.2 Å². The summed E-state index contributed by atoms with van der Waals surface area (Å²) in [4.78, 5) is 13.9. The van der Waals surface area contributed by atoms with E-state index in [4.69, 9.17) is 0 Å². The van der Waals surface area contributed by atoms with Crippen molar-refractivity contribution in [3.63, 3.8) is 0 Å². The highest BCUT2D eigenvalue weighted by Crippen LogP contribution is 2.11. The summed E-state index contributed by atoms with van der Waals surface area (Å²) in [5.41, 5.74) is 1.23. The molecule has 2 aromatic rings. The number of nitrogens with zero attached hydrogens (tertiary/aromatic N) is 1. The molecule has 4 heteroatoms. The molecule has 0 bridgehead atoms. The summed E-state index contributed by atoms with van der Waals surface area (Å²) in [6.07, 6.45) is 0.797. The summed E-state index contributed by atoms with van der Waals surface area (Å²) in [5.74, 6) is -0.855. The summed E-state index contributed by atoms with van der Waals surface area (Å²) in [6.45, 7) is 1.34. The van der Waals surface area contributed by atoms with Gasteiger partial charge in [0.15, 0.2) is 0 Å². The maximum absolute atomic E-state index is 13.4. The van der Waals surface area contributed by atoms with Crippen LogP contribution in [0.4, 0.5) is 10.1 Å². The van der Waals surface area contributed by atoms with Gasteiger partial charge in [-0.25, -0.2) is 4.39 Å². The van der Waals surface area contributed by atoms with Gasteiger partial charge in [-0.2, -0.15) is 0 Å². The van der Waals surface area contributed by atoms with Crippen molar-refractivity contribution in [2.45, 2.75) is 6.42 Å². The van der Waals surface area contributed by atoms with Crippen LogP contribution in [0.5, 0.6) is 0 Å². The monoisotopic (exact) mass is 286 g/mol. The third-order valence-electron chi connectivity index (χ3n) is 3.27. The molecule has 1 amide bonds. The molecule has 3 nitrogen and oxygen atoms in total. The van der Waals surface area contributed by atoms with Crippen molar-refractivity contribution in [1.29, 1.82) is 0 Å². The zero-order valence-corrected chi connectivity index (χ0v) is 12.1. The second-order valence-corrected chi connectivity index (χ2v) is 4.85. The van der Waals surface area contributed by atoms with Gasteiger partial charge in [0.2, 0.25) is 0 Å². The highest BCUT2D eigenvalue weighted by Gasteiger charge is 2.09. The Morgan fingerprint density at radius 1 is 1.10 bits per heavy atom. The highest BCUT2D eigenvalue weighted by atomic mass is 19.1. The molecule has 0 aliphatic heterocycles. The van der Waals surface area contributed by atoms with Gasteiger partial charge in [-0.3, -0.25) is 4.79 Å². The average molecular weight is 286 g/mol. The molecule has 1 N–H and O–H groups in total. The molecule has 0 heterocycles. The van der Waals surface area contributed by atoms with E-state index in [0.29, 0.717) is 6.54 Å². The van der Waals surface area contributed by atoms with Gasteiger partial charge in [-0.15, -0.1) is 0 Å². The molecule has 0 atom stereocenters. The Bertz CT molecular complexity index is 586. The quantitative estimate of drug-likeness (QED) is 0.828. The number of rotatable bonds is 6. The van der Waals surface area contributed by atoms with E-state index in [2.05, 4.69) is 10.2 Å². The van der Waals surface area contributed by atoms with Crippen LogP contribution >= 0.6 is 0 Å². The molecule has 0 radical (unpaired) electrons. The van der Waals surface area contributed by atoms with Crippen LogP contribution in [0.15, 0.2) is 54.6 Å². The molecule has 0 fully saturated rings. The Kier molecular flexibility index (Phi) is 5.32. The van der Waals surface area contributed by atoms with E-state index in [-0.39, 0.29) is 11.5 Å². The lowest BCUT2D eigenvalue weighted by Crippen LogP contribution is -2.28. The molecule has 0 aromatic heterocycles. The minimum atomic E-state index is -0.489. The fourth-order valence-electron chi connectivity index (χ4n) is 2.07. The first-order chi connectivity index (χ1) is 10.2. The Morgan fingerprint density at radius 3 is 2.48 bits per heavy atom. The van der Waals surface area contributed by atoms with Crippen molar-refractivity contribution >= 4 is 11.6 Å². The van der Waals surface area contributed by atoms with Gasteiger partial charge in [0, 0.05) is 25.8 Å². The average Bonchev–Trinajstić information content (AvgIpc) is 2.52. The molecule has 0 spiro atoms. The summed E-state index contributed by atoms with van der Waals surface area (Å²) >= 11 is 0. The lowest BCUT2D eigenvalue weighted by molar-refractivity contribution is 0.0949. The molecule has 0 unspecified atom stereocenters. The number of carbonyl (C=O) groups excluding carboxylic acids is 1. The molecule has 2 aromatic carbocycles. The van der Waals surface area contributed by atoms with Crippen LogP contribution in [0, 0.1) is 5.82 Å². The van der Waals surface area contributed by atoms with Gasteiger partial charge >= 0.3 is 0 Å². The standard InChI is InChI=1S/C17H19FN2O/c1-20(14-8-3-2-4-9-14)13-7-12-19-17(21)15-10-5-6-11-16(15)18/h2-6,8-11H,7,12-13H2,1H3,(H,19,21). The number of anilines is 1. The van der Waals surface area contributed by atoms with E-state index in [9.17, 15) is 9.18 Å². The molecule has 0 aliphatic rings. The van der Waals surface area contributed by atoms with E-state index < -0.39 is 5.82 Å². The van der Waals surface area contributed by atoms with Crippen LogP contribution in [-0.4, -0.2) is 26.0 Å². The molecule has 0 saturated heterocycles.